The zero-order valence-corrected chi connectivity index (χ0v) is 17.1. The summed E-state index contributed by atoms with van der Waals surface area (Å²) in [7, 11) is 0. The molecule has 0 aliphatic rings. The van der Waals surface area contributed by atoms with Crippen LogP contribution in [0.1, 0.15) is 18.4 Å². The topological polar surface area (TPSA) is 76.9 Å². The molecular formula is C22H19FN4O2S. The Labute approximate surface area is 176 Å². The number of fused-ring (bicyclic) bond motifs is 1. The van der Waals surface area contributed by atoms with Gasteiger partial charge in [0.25, 0.3) is 5.56 Å². The molecule has 0 radical (unpaired) electrons. The highest BCUT2D eigenvalue weighted by molar-refractivity contribution is 7.22. The summed E-state index contributed by atoms with van der Waals surface area (Å²) < 4.78 is 15.5. The van der Waals surface area contributed by atoms with Gasteiger partial charge >= 0.3 is 0 Å². The van der Waals surface area contributed by atoms with Crippen LogP contribution in [0.4, 0.5) is 9.52 Å². The zero-order chi connectivity index (χ0) is 21.1. The SMILES string of the molecule is Cc1ccc2nc(NC(=O)CCCn3nc(-c4ccc(F)cc4)ccc3=O)sc2c1. The summed E-state index contributed by atoms with van der Waals surface area (Å²) in [6, 6.07) is 14.9. The Hall–Kier alpha value is -3.39. The van der Waals surface area contributed by atoms with E-state index in [9.17, 15) is 14.0 Å². The van der Waals surface area contributed by atoms with E-state index in [-0.39, 0.29) is 23.7 Å². The van der Waals surface area contributed by atoms with Crippen LogP contribution < -0.4 is 10.9 Å². The molecule has 4 aromatic rings. The fraction of sp³-hybridized carbons (Fsp3) is 0.182. The molecule has 0 spiro atoms. The number of aryl methyl sites for hydroxylation is 2. The Morgan fingerprint density at radius 1 is 1.13 bits per heavy atom. The Morgan fingerprint density at radius 2 is 1.93 bits per heavy atom. The molecular weight excluding hydrogens is 403 g/mol. The molecule has 152 valence electrons. The lowest BCUT2D eigenvalue weighted by Crippen LogP contribution is -2.23. The molecule has 2 heterocycles. The molecule has 6 nitrogen and oxygen atoms in total. The van der Waals surface area contributed by atoms with Gasteiger partial charge in [-0.3, -0.25) is 9.59 Å². The third-order valence-corrected chi connectivity index (χ3v) is 5.50. The van der Waals surface area contributed by atoms with E-state index in [2.05, 4.69) is 15.4 Å². The van der Waals surface area contributed by atoms with E-state index in [1.54, 1.807) is 18.2 Å². The summed E-state index contributed by atoms with van der Waals surface area (Å²) in [5, 5.41) is 7.71. The van der Waals surface area contributed by atoms with Gasteiger partial charge in [0, 0.05) is 24.6 Å². The molecule has 0 saturated heterocycles. The number of thiazole rings is 1. The smallest absolute Gasteiger partial charge is 0.266 e. The van der Waals surface area contributed by atoms with Crippen LogP contribution in [0.15, 0.2) is 59.4 Å². The van der Waals surface area contributed by atoms with Gasteiger partial charge in [-0.15, -0.1) is 0 Å². The largest absolute Gasteiger partial charge is 0.302 e. The van der Waals surface area contributed by atoms with Crippen LogP contribution in [0.3, 0.4) is 0 Å². The van der Waals surface area contributed by atoms with Gasteiger partial charge in [0.1, 0.15) is 5.82 Å². The molecule has 1 amide bonds. The lowest BCUT2D eigenvalue weighted by atomic mass is 10.1. The van der Waals surface area contributed by atoms with E-state index < -0.39 is 0 Å². The maximum absolute atomic E-state index is 13.1. The molecule has 0 bridgehead atoms. The molecule has 0 saturated carbocycles. The van der Waals surface area contributed by atoms with Gasteiger partial charge in [0.2, 0.25) is 5.91 Å². The number of carbonyl (C=O) groups is 1. The molecule has 2 aromatic carbocycles. The van der Waals surface area contributed by atoms with Gasteiger partial charge < -0.3 is 5.32 Å². The van der Waals surface area contributed by atoms with Crippen molar-refractivity contribution in [3.05, 3.63) is 76.3 Å². The van der Waals surface area contributed by atoms with Crippen molar-refractivity contribution in [3.63, 3.8) is 0 Å². The van der Waals surface area contributed by atoms with Gasteiger partial charge in [0.15, 0.2) is 5.13 Å². The van der Waals surface area contributed by atoms with E-state index in [1.807, 2.05) is 25.1 Å². The number of nitrogens with zero attached hydrogens (tertiary/aromatic N) is 3. The number of hydrogen-bond acceptors (Lipinski definition) is 5. The van der Waals surface area contributed by atoms with Gasteiger partial charge in [-0.1, -0.05) is 17.4 Å². The van der Waals surface area contributed by atoms with Crippen molar-refractivity contribution in [2.75, 3.05) is 5.32 Å². The van der Waals surface area contributed by atoms with Gasteiger partial charge in [-0.25, -0.2) is 14.1 Å². The average molecular weight is 422 g/mol. The first kappa shape index (κ1) is 19.9. The van der Waals surface area contributed by atoms with Crippen LogP contribution in [0, 0.1) is 12.7 Å². The second-order valence-electron chi connectivity index (χ2n) is 6.93. The summed E-state index contributed by atoms with van der Waals surface area (Å²) in [5.74, 6) is -0.491. The average Bonchev–Trinajstić information content (AvgIpc) is 3.11. The van der Waals surface area contributed by atoms with Crippen molar-refractivity contribution in [1.29, 1.82) is 0 Å². The standard InChI is InChI=1S/C22H19FN4O2S/c1-14-4-9-18-19(13-14)30-22(24-18)25-20(28)3-2-12-27-21(29)11-10-17(26-27)15-5-7-16(23)8-6-15/h4-11,13H,2-3,12H2,1H3,(H,24,25,28). The zero-order valence-electron chi connectivity index (χ0n) is 16.3. The summed E-state index contributed by atoms with van der Waals surface area (Å²) in [6.45, 7) is 2.32. The third-order valence-electron chi connectivity index (χ3n) is 4.57. The van der Waals surface area contributed by atoms with Crippen LogP contribution >= 0.6 is 11.3 Å². The lowest BCUT2D eigenvalue weighted by molar-refractivity contribution is -0.116. The number of aromatic nitrogens is 3. The molecule has 0 atom stereocenters. The monoisotopic (exact) mass is 422 g/mol. The fourth-order valence-corrected chi connectivity index (χ4v) is 4.02. The third kappa shape index (κ3) is 4.60. The highest BCUT2D eigenvalue weighted by atomic mass is 32.1. The lowest BCUT2D eigenvalue weighted by Gasteiger charge is -2.07. The van der Waals surface area contributed by atoms with Crippen LogP contribution in [0.5, 0.6) is 0 Å². The van der Waals surface area contributed by atoms with Crippen LogP contribution in [0.2, 0.25) is 0 Å². The highest BCUT2D eigenvalue weighted by Gasteiger charge is 2.09. The minimum Gasteiger partial charge on any atom is -0.302 e. The fourth-order valence-electron chi connectivity index (χ4n) is 3.04. The van der Waals surface area contributed by atoms with Gasteiger partial charge in [-0.2, -0.15) is 5.10 Å². The first-order chi connectivity index (χ1) is 14.5. The van der Waals surface area contributed by atoms with Gasteiger partial charge in [-0.05, 0) is 61.4 Å². The highest BCUT2D eigenvalue weighted by Crippen LogP contribution is 2.26. The van der Waals surface area contributed by atoms with Gasteiger partial charge in [0.05, 0.1) is 15.9 Å². The maximum Gasteiger partial charge on any atom is 0.266 e. The Kier molecular flexibility index (Phi) is 5.67. The molecule has 30 heavy (non-hydrogen) atoms. The molecule has 8 heteroatoms. The van der Waals surface area contributed by atoms with Crippen molar-refractivity contribution >= 4 is 32.6 Å². The van der Waals surface area contributed by atoms with E-state index in [1.165, 1.54) is 34.2 Å². The summed E-state index contributed by atoms with van der Waals surface area (Å²) >= 11 is 1.44. The van der Waals surface area contributed by atoms with Crippen LogP contribution in [-0.2, 0) is 11.3 Å². The van der Waals surface area contributed by atoms with E-state index in [0.29, 0.717) is 29.4 Å². The number of hydrogen-bond donors (Lipinski definition) is 1. The second kappa shape index (κ2) is 8.54. The number of rotatable bonds is 6. The molecule has 0 aliphatic heterocycles. The van der Waals surface area contributed by atoms with Crippen molar-refractivity contribution in [2.45, 2.75) is 26.3 Å². The molecule has 1 N–H and O–H groups in total. The van der Waals surface area contributed by atoms with Crippen molar-refractivity contribution < 1.29 is 9.18 Å². The minimum absolute atomic E-state index is 0.159. The second-order valence-corrected chi connectivity index (χ2v) is 7.96. The quantitative estimate of drug-likeness (QED) is 0.500. The van der Waals surface area contributed by atoms with Crippen molar-refractivity contribution in [2.24, 2.45) is 0 Å². The van der Waals surface area contributed by atoms with Crippen LogP contribution in [-0.4, -0.2) is 20.7 Å². The molecule has 0 fully saturated rings. The minimum atomic E-state index is -0.332. The summed E-state index contributed by atoms with van der Waals surface area (Å²) in [5.41, 5.74) is 3.04. The maximum atomic E-state index is 13.1. The molecule has 2 aromatic heterocycles. The molecule has 0 unspecified atom stereocenters. The van der Waals surface area contributed by atoms with Crippen molar-refractivity contribution in [1.82, 2.24) is 14.8 Å². The Balaban J connectivity index is 1.37. The summed E-state index contributed by atoms with van der Waals surface area (Å²) in [6.07, 6.45) is 0.694. The van der Waals surface area contributed by atoms with E-state index >= 15 is 0 Å². The van der Waals surface area contributed by atoms with E-state index in [4.69, 9.17) is 0 Å². The predicted octanol–water partition coefficient (Wildman–Crippen LogP) is 4.39. The van der Waals surface area contributed by atoms with Crippen LogP contribution in [0.25, 0.3) is 21.5 Å². The molecule has 4 rings (SSSR count). The normalized spacial score (nSPS) is 11.0. The Bertz CT molecular complexity index is 1260. The number of halogens is 1. The molecule has 0 aliphatic carbocycles. The number of amides is 1. The first-order valence-electron chi connectivity index (χ1n) is 9.49. The van der Waals surface area contributed by atoms with Crippen molar-refractivity contribution in [3.8, 4) is 11.3 Å². The number of benzene rings is 2. The number of anilines is 1. The number of carbonyl (C=O) groups excluding carboxylic acids is 1. The van der Waals surface area contributed by atoms with E-state index in [0.717, 1.165) is 15.8 Å². The first-order valence-corrected chi connectivity index (χ1v) is 10.3. The number of nitrogens with one attached hydrogen (secondary N) is 1. The Morgan fingerprint density at radius 3 is 2.73 bits per heavy atom. The predicted molar refractivity (Wildman–Crippen MR) is 116 cm³/mol. The summed E-state index contributed by atoms with van der Waals surface area (Å²) in [4.78, 5) is 28.8.